The van der Waals surface area contributed by atoms with Gasteiger partial charge < -0.3 is 11.1 Å². The summed E-state index contributed by atoms with van der Waals surface area (Å²) < 4.78 is 24.6. The number of rotatable bonds is 3. The van der Waals surface area contributed by atoms with Crippen LogP contribution < -0.4 is 16.2 Å². The quantitative estimate of drug-likeness (QED) is 0.716. The van der Waals surface area contributed by atoms with E-state index in [2.05, 4.69) is 10.4 Å². The second kappa shape index (κ2) is 4.56. The van der Waals surface area contributed by atoms with Crippen LogP contribution in [0.1, 0.15) is 5.56 Å². The van der Waals surface area contributed by atoms with Crippen LogP contribution in [0.5, 0.6) is 0 Å². The molecule has 19 heavy (non-hydrogen) atoms. The van der Waals surface area contributed by atoms with Crippen molar-refractivity contribution >= 4 is 27.1 Å². The minimum absolute atomic E-state index is 0.0129. The third kappa shape index (κ3) is 2.85. The smallest absolute Gasteiger partial charge is 0.238 e. The Morgan fingerprint density at radius 3 is 2.58 bits per heavy atom. The SMILES string of the molecule is Cc1c(Nc2cnn(C)c2)cc(N)cc1S(N)(=O)=O. The van der Waals surface area contributed by atoms with Crippen LogP contribution in [-0.2, 0) is 17.1 Å². The van der Waals surface area contributed by atoms with Gasteiger partial charge in [-0.2, -0.15) is 5.10 Å². The first-order chi connectivity index (χ1) is 8.77. The summed E-state index contributed by atoms with van der Waals surface area (Å²) in [4.78, 5) is 0.0129. The van der Waals surface area contributed by atoms with Crippen molar-refractivity contribution in [3.05, 3.63) is 30.1 Å². The lowest BCUT2D eigenvalue weighted by atomic mass is 10.1. The first kappa shape index (κ1) is 13.4. The molecule has 0 saturated heterocycles. The molecule has 0 aliphatic carbocycles. The van der Waals surface area contributed by atoms with Crippen molar-refractivity contribution in [2.24, 2.45) is 12.2 Å². The number of hydrogen-bond acceptors (Lipinski definition) is 5. The van der Waals surface area contributed by atoms with Gasteiger partial charge >= 0.3 is 0 Å². The molecule has 0 unspecified atom stereocenters. The van der Waals surface area contributed by atoms with Crippen molar-refractivity contribution < 1.29 is 8.42 Å². The van der Waals surface area contributed by atoms with Gasteiger partial charge in [0.2, 0.25) is 10.0 Å². The number of aromatic nitrogens is 2. The van der Waals surface area contributed by atoms with Gasteiger partial charge in [0.05, 0.1) is 16.8 Å². The van der Waals surface area contributed by atoms with Crippen molar-refractivity contribution in [1.82, 2.24) is 9.78 Å². The monoisotopic (exact) mass is 281 g/mol. The molecule has 7 nitrogen and oxygen atoms in total. The van der Waals surface area contributed by atoms with Crippen LogP contribution in [0.25, 0.3) is 0 Å². The summed E-state index contributed by atoms with van der Waals surface area (Å²) in [5.74, 6) is 0. The summed E-state index contributed by atoms with van der Waals surface area (Å²) in [6.07, 6.45) is 3.39. The molecule has 0 fully saturated rings. The molecule has 0 amide bonds. The van der Waals surface area contributed by atoms with Crippen LogP contribution in [0, 0.1) is 6.92 Å². The van der Waals surface area contributed by atoms with E-state index in [0.717, 1.165) is 5.69 Å². The Balaban J connectivity index is 2.49. The zero-order valence-electron chi connectivity index (χ0n) is 10.6. The van der Waals surface area contributed by atoms with Crippen molar-refractivity contribution in [3.8, 4) is 0 Å². The molecule has 8 heteroatoms. The standard InChI is InChI=1S/C11H15N5O2S/c1-7-10(15-9-5-14-16(2)6-9)3-8(12)4-11(7)19(13,17)18/h3-6,15H,12H2,1-2H3,(H2,13,17,18). The number of anilines is 3. The van der Waals surface area contributed by atoms with Gasteiger partial charge in [-0.1, -0.05) is 0 Å². The number of sulfonamides is 1. The van der Waals surface area contributed by atoms with Gasteiger partial charge in [0.25, 0.3) is 0 Å². The maximum atomic E-state index is 11.5. The number of nitrogens with zero attached hydrogens (tertiary/aromatic N) is 2. The van der Waals surface area contributed by atoms with E-state index in [0.29, 0.717) is 16.9 Å². The molecule has 1 aromatic heterocycles. The molecule has 5 N–H and O–H groups in total. The fourth-order valence-corrected chi connectivity index (χ4v) is 2.61. The third-order valence-electron chi connectivity index (χ3n) is 2.67. The number of hydrogen-bond donors (Lipinski definition) is 3. The first-order valence-corrected chi connectivity index (χ1v) is 7.00. The van der Waals surface area contributed by atoms with Crippen molar-refractivity contribution in [3.63, 3.8) is 0 Å². The minimum Gasteiger partial charge on any atom is -0.399 e. The molecule has 0 saturated carbocycles. The molecule has 0 bridgehead atoms. The molecule has 0 atom stereocenters. The topological polar surface area (TPSA) is 116 Å². The van der Waals surface area contributed by atoms with Crippen LogP contribution >= 0.6 is 0 Å². The van der Waals surface area contributed by atoms with Crippen LogP contribution in [-0.4, -0.2) is 18.2 Å². The molecule has 1 aromatic carbocycles. The zero-order chi connectivity index (χ0) is 14.2. The Labute approximate surface area is 111 Å². The second-order valence-corrected chi connectivity index (χ2v) is 5.79. The second-order valence-electron chi connectivity index (χ2n) is 4.26. The van der Waals surface area contributed by atoms with E-state index >= 15 is 0 Å². The summed E-state index contributed by atoms with van der Waals surface area (Å²) >= 11 is 0. The normalized spacial score (nSPS) is 11.5. The summed E-state index contributed by atoms with van der Waals surface area (Å²) in [6, 6.07) is 3.00. The summed E-state index contributed by atoms with van der Waals surface area (Å²) in [5.41, 5.74) is 7.85. The largest absolute Gasteiger partial charge is 0.399 e. The van der Waals surface area contributed by atoms with E-state index in [1.54, 1.807) is 37.1 Å². The predicted octanol–water partition coefficient (Wildman–Crippen LogP) is 0.702. The first-order valence-electron chi connectivity index (χ1n) is 5.46. The predicted molar refractivity (Wildman–Crippen MR) is 73.5 cm³/mol. The zero-order valence-corrected chi connectivity index (χ0v) is 11.4. The lowest BCUT2D eigenvalue weighted by Gasteiger charge is -2.12. The number of primary sulfonamides is 1. The molecule has 0 spiro atoms. The van der Waals surface area contributed by atoms with Gasteiger partial charge in [-0.05, 0) is 24.6 Å². The van der Waals surface area contributed by atoms with Gasteiger partial charge in [-0.3, -0.25) is 4.68 Å². The van der Waals surface area contributed by atoms with Crippen molar-refractivity contribution in [2.75, 3.05) is 11.1 Å². The van der Waals surface area contributed by atoms with Crippen molar-refractivity contribution in [2.45, 2.75) is 11.8 Å². The average molecular weight is 281 g/mol. The van der Waals surface area contributed by atoms with Crippen LogP contribution in [0.2, 0.25) is 0 Å². The Morgan fingerprint density at radius 2 is 2.05 bits per heavy atom. The van der Waals surface area contributed by atoms with Gasteiger partial charge in [-0.15, -0.1) is 0 Å². The van der Waals surface area contributed by atoms with Gasteiger partial charge in [-0.25, -0.2) is 13.6 Å². The van der Waals surface area contributed by atoms with Crippen LogP contribution in [0.15, 0.2) is 29.4 Å². The Kier molecular flexibility index (Phi) is 3.21. The lowest BCUT2D eigenvalue weighted by Crippen LogP contribution is -2.15. The Hall–Kier alpha value is -2.06. The highest BCUT2D eigenvalue weighted by Gasteiger charge is 2.15. The molecule has 0 aliphatic rings. The highest BCUT2D eigenvalue weighted by molar-refractivity contribution is 7.89. The number of nitrogens with two attached hydrogens (primary N) is 2. The van der Waals surface area contributed by atoms with E-state index in [1.165, 1.54) is 6.07 Å². The van der Waals surface area contributed by atoms with Crippen LogP contribution in [0.3, 0.4) is 0 Å². The van der Waals surface area contributed by atoms with Gasteiger partial charge in [0.15, 0.2) is 0 Å². The van der Waals surface area contributed by atoms with E-state index in [1.807, 2.05) is 0 Å². The van der Waals surface area contributed by atoms with Gasteiger partial charge in [0, 0.05) is 24.6 Å². The van der Waals surface area contributed by atoms with E-state index in [4.69, 9.17) is 10.9 Å². The highest BCUT2D eigenvalue weighted by Crippen LogP contribution is 2.28. The van der Waals surface area contributed by atoms with Gasteiger partial charge in [0.1, 0.15) is 0 Å². The van der Waals surface area contributed by atoms with E-state index in [-0.39, 0.29) is 4.90 Å². The number of nitrogen functional groups attached to an aromatic ring is 1. The fraction of sp³-hybridized carbons (Fsp3) is 0.182. The fourth-order valence-electron chi connectivity index (χ4n) is 1.78. The Bertz CT molecular complexity index is 721. The average Bonchev–Trinajstić information content (AvgIpc) is 2.67. The highest BCUT2D eigenvalue weighted by atomic mass is 32.2. The van der Waals surface area contributed by atoms with E-state index in [9.17, 15) is 8.42 Å². The molecule has 0 aliphatic heterocycles. The molecule has 2 aromatic rings. The maximum Gasteiger partial charge on any atom is 0.238 e. The maximum absolute atomic E-state index is 11.5. The molecule has 102 valence electrons. The Morgan fingerprint density at radius 1 is 1.37 bits per heavy atom. The number of aryl methyl sites for hydroxylation is 1. The van der Waals surface area contributed by atoms with Crippen LogP contribution in [0.4, 0.5) is 17.1 Å². The van der Waals surface area contributed by atoms with E-state index < -0.39 is 10.0 Å². The summed E-state index contributed by atoms with van der Waals surface area (Å²) in [6.45, 7) is 1.66. The molecule has 1 heterocycles. The van der Waals surface area contributed by atoms with Crippen molar-refractivity contribution in [1.29, 1.82) is 0 Å². The minimum atomic E-state index is -3.81. The molecular weight excluding hydrogens is 266 g/mol. The molecular formula is C11H15N5O2S. The third-order valence-corrected chi connectivity index (χ3v) is 3.71. The number of benzene rings is 1. The summed E-state index contributed by atoms with van der Waals surface area (Å²) in [7, 11) is -2.02. The molecule has 0 radical (unpaired) electrons. The summed E-state index contributed by atoms with van der Waals surface area (Å²) in [5, 5.41) is 12.2. The lowest BCUT2D eigenvalue weighted by molar-refractivity contribution is 0.597. The number of nitrogens with one attached hydrogen (secondary N) is 1. The molecule has 2 rings (SSSR count).